The molecule has 1 aliphatic heterocycles. The molecule has 0 saturated carbocycles. The summed E-state index contributed by atoms with van der Waals surface area (Å²) >= 11 is 3.24. The van der Waals surface area contributed by atoms with Crippen molar-refractivity contribution in [3.63, 3.8) is 0 Å². The summed E-state index contributed by atoms with van der Waals surface area (Å²) in [6.07, 6.45) is 4.94. The Morgan fingerprint density at radius 3 is 2.69 bits per heavy atom. The Balaban J connectivity index is 1.85. The molecule has 134 valence electrons. The summed E-state index contributed by atoms with van der Waals surface area (Å²) in [7, 11) is 1.58. The second-order valence-electron chi connectivity index (χ2n) is 6.25. The van der Waals surface area contributed by atoms with Crippen molar-refractivity contribution in [1.82, 2.24) is 19.9 Å². The number of carbonyl (C=O) groups excluding carboxylic acids is 2. The first-order valence-electron chi connectivity index (χ1n) is 7.86. The van der Waals surface area contributed by atoms with Gasteiger partial charge in [-0.05, 0) is 40.5 Å². The van der Waals surface area contributed by atoms with Crippen LogP contribution in [0.3, 0.4) is 0 Å². The Morgan fingerprint density at radius 1 is 1.35 bits per heavy atom. The molecule has 2 aromatic rings. The van der Waals surface area contributed by atoms with E-state index in [0.717, 1.165) is 5.56 Å². The number of hydrogen-bond acceptors (Lipinski definition) is 7. The predicted molar refractivity (Wildman–Crippen MR) is 98.4 cm³/mol. The normalized spacial score (nSPS) is 20.0. The summed E-state index contributed by atoms with van der Waals surface area (Å²) in [5.41, 5.74) is 6.31. The zero-order valence-corrected chi connectivity index (χ0v) is 15.9. The number of nitrogens with zero attached hydrogens (tertiary/aromatic N) is 5. The van der Waals surface area contributed by atoms with Crippen LogP contribution in [0.2, 0.25) is 0 Å². The summed E-state index contributed by atoms with van der Waals surface area (Å²) < 4.78 is 0.704. The number of guanidine groups is 1. The van der Waals surface area contributed by atoms with Gasteiger partial charge in [0.05, 0.1) is 16.6 Å². The SMILES string of the molecule is CN1C(=O)CC(C)(c2cc(CC(=O)c3ncc(Br)cn3)ccn2)N=C1N. The number of rotatable bonds is 4. The molecular weight excluding hydrogens is 400 g/mol. The molecule has 26 heavy (non-hydrogen) atoms. The van der Waals surface area contributed by atoms with Crippen LogP contribution in [0.25, 0.3) is 0 Å². The van der Waals surface area contributed by atoms with Crippen LogP contribution in [0, 0.1) is 0 Å². The zero-order valence-electron chi connectivity index (χ0n) is 14.3. The number of halogens is 1. The third kappa shape index (κ3) is 3.62. The molecule has 1 amide bonds. The van der Waals surface area contributed by atoms with Crippen LogP contribution in [0.5, 0.6) is 0 Å². The lowest BCUT2D eigenvalue weighted by Gasteiger charge is -2.32. The lowest BCUT2D eigenvalue weighted by molar-refractivity contribution is -0.128. The Hall–Kier alpha value is -2.68. The predicted octanol–water partition coefficient (Wildman–Crippen LogP) is 1.45. The van der Waals surface area contributed by atoms with E-state index in [2.05, 4.69) is 35.9 Å². The molecular formula is C17H17BrN6O2. The highest BCUT2D eigenvalue weighted by molar-refractivity contribution is 9.10. The topological polar surface area (TPSA) is 114 Å². The first-order chi connectivity index (χ1) is 12.3. The first-order valence-corrected chi connectivity index (χ1v) is 8.66. The van der Waals surface area contributed by atoms with Gasteiger partial charge >= 0.3 is 0 Å². The maximum atomic E-state index is 12.4. The highest BCUT2D eigenvalue weighted by Gasteiger charge is 2.37. The molecule has 0 radical (unpaired) electrons. The summed E-state index contributed by atoms with van der Waals surface area (Å²) in [6.45, 7) is 1.80. The molecule has 0 saturated heterocycles. The number of nitrogens with two attached hydrogens (primary N) is 1. The number of amides is 1. The van der Waals surface area contributed by atoms with Crippen LogP contribution in [0.15, 0.2) is 40.2 Å². The highest BCUT2D eigenvalue weighted by Crippen LogP contribution is 2.31. The summed E-state index contributed by atoms with van der Waals surface area (Å²) in [4.78, 5) is 42.6. The minimum absolute atomic E-state index is 0.125. The third-order valence-electron chi connectivity index (χ3n) is 4.19. The quantitative estimate of drug-likeness (QED) is 0.754. The van der Waals surface area contributed by atoms with Gasteiger partial charge in [-0.25, -0.2) is 15.0 Å². The van der Waals surface area contributed by atoms with Crippen molar-refractivity contribution in [2.24, 2.45) is 10.7 Å². The standard InChI is InChI=1S/C17H17BrN6O2/c1-17(7-14(26)24(2)16(19)23-17)13-6-10(3-4-20-13)5-12(25)15-21-8-11(18)9-22-15/h3-4,6,8-9H,5,7H2,1-2H3,(H2,19,23). The smallest absolute Gasteiger partial charge is 0.231 e. The average molecular weight is 417 g/mol. The average Bonchev–Trinajstić information content (AvgIpc) is 2.60. The summed E-state index contributed by atoms with van der Waals surface area (Å²) in [6, 6.07) is 3.51. The molecule has 3 rings (SSSR count). The van der Waals surface area contributed by atoms with Crippen LogP contribution in [-0.2, 0) is 16.8 Å². The number of aromatic nitrogens is 3. The molecule has 1 aliphatic rings. The van der Waals surface area contributed by atoms with Crippen LogP contribution in [0.4, 0.5) is 0 Å². The molecule has 0 fully saturated rings. The lowest BCUT2D eigenvalue weighted by atomic mass is 9.90. The van der Waals surface area contributed by atoms with Gasteiger partial charge in [0.25, 0.3) is 0 Å². The Bertz CT molecular complexity index is 898. The van der Waals surface area contributed by atoms with E-state index in [1.165, 1.54) is 17.3 Å². The fourth-order valence-corrected chi connectivity index (χ4v) is 2.86. The third-order valence-corrected chi connectivity index (χ3v) is 4.59. The van der Waals surface area contributed by atoms with E-state index in [1.54, 1.807) is 32.3 Å². The molecule has 0 aliphatic carbocycles. The fourth-order valence-electron chi connectivity index (χ4n) is 2.66. The highest BCUT2D eigenvalue weighted by atomic mass is 79.9. The largest absolute Gasteiger partial charge is 0.369 e. The van der Waals surface area contributed by atoms with Gasteiger partial charge in [-0.2, -0.15) is 0 Å². The summed E-state index contributed by atoms with van der Waals surface area (Å²) in [5, 5.41) is 0. The number of ketones is 1. The van der Waals surface area contributed by atoms with Crippen molar-refractivity contribution in [3.05, 3.63) is 52.3 Å². The molecule has 2 N–H and O–H groups in total. The molecule has 1 atom stereocenters. The number of hydrogen-bond donors (Lipinski definition) is 1. The van der Waals surface area contributed by atoms with Crippen molar-refractivity contribution in [2.45, 2.75) is 25.3 Å². The number of pyridine rings is 1. The Labute approximate surface area is 158 Å². The summed E-state index contributed by atoms with van der Waals surface area (Å²) in [5.74, 6) is -0.0429. The van der Waals surface area contributed by atoms with E-state index in [4.69, 9.17) is 5.73 Å². The van der Waals surface area contributed by atoms with Gasteiger partial charge in [-0.3, -0.25) is 19.5 Å². The van der Waals surface area contributed by atoms with Gasteiger partial charge < -0.3 is 5.73 Å². The lowest BCUT2D eigenvalue weighted by Crippen LogP contribution is -2.47. The van der Waals surface area contributed by atoms with Crippen molar-refractivity contribution >= 4 is 33.6 Å². The van der Waals surface area contributed by atoms with Gasteiger partial charge in [-0.15, -0.1) is 0 Å². The van der Waals surface area contributed by atoms with E-state index in [1.807, 2.05) is 0 Å². The number of Topliss-reactive ketones (excluding diaryl/α,β-unsaturated/α-hetero) is 1. The van der Waals surface area contributed by atoms with E-state index < -0.39 is 5.54 Å². The first kappa shape index (κ1) is 18.1. The molecule has 0 spiro atoms. The molecule has 0 aromatic carbocycles. The van der Waals surface area contributed by atoms with Gasteiger partial charge in [-0.1, -0.05) is 0 Å². The molecule has 3 heterocycles. The van der Waals surface area contributed by atoms with Crippen LogP contribution >= 0.6 is 15.9 Å². The van der Waals surface area contributed by atoms with E-state index in [0.29, 0.717) is 10.2 Å². The van der Waals surface area contributed by atoms with Crippen molar-refractivity contribution < 1.29 is 9.59 Å². The Kier molecular flexibility index (Phi) is 4.82. The van der Waals surface area contributed by atoms with Crippen LogP contribution < -0.4 is 5.73 Å². The van der Waals surface area contributed by atoms with Gasteiger partial charge in [0, 0.05) is 32.1 Å². The number of carbonyl (C=O) groups is 2. The van der Waals surface area contributed by atoms with Crippen molar-refractivity contribution in [3.8, 4) is 0 Å². The van der Waals surface area contributed by atoms with Crippen LogP contribution in [0.1, 0.15) is 35.2 Å². The molecule has 9 heteroatoms. The second-order valence-corrected chi connectivity index (χ2v) is 7.16. The van der Waals surface area contributed by atoms with Gasteiger partial charge in [0.1, 0.15) is 5.54 Å². The minimum Gasteiger partial charge on any atom is -0.369 e. The fraction of sp³-hybridized carbons (Fsp3) is 0.294. The molecule has 2 aromatic heterocycles. The zero-order chi connectivity index (χ0) is 18.9. The van der Waals surface area contributed by atoms with Crippen LogP contribution in [-0.4, -0.2) is 44.5 Å². The maximum absolute atomic E-state index is 12.4. The van der Waals surface area contributed by atoms with Gasteiger partial charge in [0.15, 0.2) is 11.8 Å². The number of aliphatic imine (C=N–C) groups is 1. The molecule has 8 nitrogen and oxygen atoms in total. The van der Waals surface area contributed by atoms with E-state index >= 15 is 0 Å². The minimum atomic E-state index is -0.860. The monoisotopic (exact) mass is 416 g/mol. The molecule has 1 unspecified atom stereocenters. The van der Waals surface area contributed by atoms with E-state index in [9.17, 15) is 9.59 Å². The maximum Gasteiger partial charge on any atom is 0.231 e. The van der Waals surface area contributed by atoms with Gasteiger partial charge in [0.2, 0.25) is 11.7 Å². The Morgan fingerprint density at radius 2 is 2.04 bits per heavy atom. The molecule has 0 bridgehead atoms. The second kappa shape index (κ2) is 6.91. The van der Waals surface area contributed by atoms with Crippen molar-refractivity contribution in [1.29, 1.82) is 0 Å². The van der Waals surface area contributed by atoms with Crippen molar-refractivity contribution in [2.75, 3.05) is 7.05 Å². The van der Waals surface area contributed by atoms with E-state index in [-0.39, 0.29) is 36.3 Å².